The third-order valence-corrected chi connectivity index (χ3v) is 3.11. The second kappa shape index (κ2) is 4.85. The van der Waals surface area contributed by atoms with Gasteiger partial charge in [0, 0.05) is 32.4 Å². The summed E-state index contributed by atoms with van der Waals surface area (Å²) in [5, 5.41) is 18.2. The Hall–Kier alpha value is -2.55. The molecule has 0 radical (unpaired) electrons. The first-order valence-electron chi connectivity index (χ1n) is 6.11. The molecule has 0 atom stereocenters. The number of nitrogens with one attached hydrogen (secondary N) is 2. The molecule has 1 aliphatic heterocycles. The van der Waals surface area contributed by atoms with Gasteiger partial charge in [0.25, 0.3) is 0 Å². The molecule has 9 heteroatoms. The van der Waals surface area contributed by atoms with Gasteiger partial charge in [0.2, 0.25) is 17.1 Å². The van der Waals surface area contributed by atoms with E-state index in [0.717, 1.165) is 26.2 Å². The van der Waals surface area contributed by atoms with Crippen molar-refractivity contribution in [1.82, 2.24) is 25.5 Å². The molecule has 1 saturated heterocycles. The minimum Gasteiger partial charge on any atom is -0.476 e. The molecule has 9 nitrogen and oxygen atoms in total. The number of rotatable bonds is 2. The summed E-state index contributed by atoms with van der Waals surface area (Å²) in [7, 11) is 0. The predicted octanol–water partition coefficient (Wildman–Crippen LogP) is -1.18. The molecule has 3 heterocycles. The number of carboxylic acid groups (broad SMARTS) is 1. The van der Waals surface area contributed by atoms with Gasteiger partial charge in [-0.25, -0.2) is 9.78 Å². The van der Waals surface area contributed by atoms with Crippen LogP contribution in [0.2, 0.25) is 0 Å². The predicted molar refractivity (Wildman–Crippen MR) is 70.0 cm³/mol. The quantitative estimate of drug-likeness (QED) is 0.626. The van der Waals surface area contributed by atoms with E-state index in [2.05, 4.69) is 25.5 Å². The van der Waals surface area contributed by atoms with E-state index in [-0.39, 0.29) is 11.0 Å². The van der Waals surface area contributed by atoms with Crippen molar-refractivity contribution in [2.45, 2.75) is 0 Å². The average molecular weight is 276 g/mol. The van der Waals surface area contributed by atoms with Gasteiger partial charge in [-0.2, -0.15) is 10.1 Å². The summed E-state index contributed by atoms with van der Waals surface area (Å²) in [6, 6.07) is 0. The van der Waals surface area contributed by atoms with Gasteiger partial charge < -0.3 is 15.3 Å². The monoisotopic (exact) mass is 276 g/mol. The summed E-state index contributed by atoms with van der Waals surface area (Å²) in [6.07, 6.45) is 1.34. The minimum absolute atomic E-state index is 0.122. The minimum atomic E-state index is -1.38. The number of nitrogens with zero attached hydrogens (tertiary/aromatic N) is 4. The summed E-state index contributed by atoms with van der Waals surface area (Å²) in [5.41, 5.74) is -1.00. The summed E-state index contributed by atoms with van der Waals surface area (Å²) in [6.45, 7) is 3.23. The number of fused-ring (bicyclic) bond motifs is 1. The van der Waals surface area contributed by atoms with E-state index >= 15 is 0 Å². The summed E-state index contributed by atoms with van der Waals surface area (Å²) in [4.78, 5) is 33.1. The molecule has 1 fully saturated rings. The molecule has 3 rings (SSSR count). The van der Waals surface area contributed by atoms with Crippen LogP contribution in [0.3, 0.4) is 0 Å². The maximum Gasteiger partial charge on any atom is 0.360 e. The molecule has 1 aliphatic rings. The number of anilines is 1. The van der Waals surface area contributed by atoms with Crippen molar-refractivity contribution in [3.05, 3.63) is 22.1 Å². The van der Waals surface area contributed by atoms with Gasteiger partial charge in [-0.05, 0) is 0 Å². The van der Waals surface area contributed by atoms with E-state index in [1.807, 2.05) is 4.90 Å². The van der Waals surface area contributed by atoms with E-state index in [9.17, 15) is 9.59 Å². The van der Waals surface area contributed by atoms with Crippen molar-refractivity contribution in [3.8, 4) is 0 Å². The second-order valence-corrected chi connectivity index (χ2v) is 4.38. The molecule has 2 aromatic rings. The largest absolute Gasteiger partial charge is 0.476 e. The number of carbonyl (C=O) groups is 1. The molecular formula is C11H12N6O3. The second-order valence-electron chi connectivity index (χ2n) is 4.38. The Morgan fingerprint density at radius 2 is 2.10 bits per heavy atom. The molecule has 104 valence electrons. The first-order chi connectivity index (χ1) is 9.66. The van der Waals surface area contributed by atoms with Gasteiger partial charge in [-0.1, -0.05) is 0 Å². The van der Waals surface area contributed by atoms with Crippen molar-refractivity contribution in [2.75, 3.05) is 31.1 Å². The van der Waals surface area contributed by atoms with E-state index < -0.39 is 17.1 Å². The summed E-state index contributed by atoms with van der Waals surface area (Å²) in [5.74, 6) is -0.876. The third kappa shape index (κ3) is 2.07. The topological polar surface area (TPSA) is 124 Å². The zero-order valence-electron chi connectivity index (χ0n) is 10.5. The first-order valence-corrected chi connectivity index (χ1v) is 6.11. The smallest absolute Gasteiger partial charge is 0.360 e. The SMILES string of the molecule is O=C(O)c1n[nH]c2nc(N3CCNCC3)ncc2c1=O. The molecule has 0 aliphatic carbocycles. The lowest BCUT2D eigenvalue weighted by Gasteiger charge is -2.27. The van der Waals surface area contributed by atoms with E-state index in [1.54, 1.807) is 0 Å². The van der Waals surface area contributed by atoms with Gasteiger partial charge in [-0.15, -0.1) is 0 Å². The number of aromatic amines is 1. The highest BCUT2D eigenvalue weighted by Gasteiger charge is 2.17. The van der Waals surface area contributed by atoms with Crippen LogP contribution in [0.15, 0.2) is 11.0 Å². The van der Waals surface area contributed by atoms with Crippen LogP contribution in [0.4, 0.5) is 5.95 Å². The Labute approximate surface area is 112 Å². The van der Waals surface area contributed by atoms with Gasteiger partial charge in [-0.3, -0.25) is 9.89 Å². The highest BCUT2D eigenvalue weighted by molar-refractivity contribution is 5.89. The van der Waals surface area contributed by atoms with Crippen LogP contribution < -0.4 is 15.6 Å². The van der Waals surface area contributed by atoms with E-state index in [0.29, 0.717) is 5.95 Å². The fourth-order valence-corrected chi connectivity index (χ4v) is 2.07. The summed E-state index contributed by atoms with van der Waals surface area (Å²) < 4.78 is 0. The standard InChI is InChI=1S/C11H12N6O3/c18-8-6-5-13-11(17-3-1-12-2-4-17)14-9(6)16-15-7(8)10(19)20/h5,12H,1-4H2,(H,19,20)(H,13,14,16,18). The average Bonchev–Trinajstić information content (AvgIpc) is 2.48. The maximum absolute atomic E-state index is 11.9. The first kappa shape index (κ1) is 12.5. The van der Waals surface area contributed by atoms with Crippen molar-refractivity contribution in [2.24, 2.45) is 0 Å². The van der Waals surface area contributed by atoms with Crippen molar-refractivity contribution in [3.63, 3.8) is 0 Å². The van der Waals surface area contributed by atoms with Crippen LogP contribution in [-0.2, 0) is 0 Å². The number of aromatic nitrogens is 4. The van der Waals surface area contributed by atoms with Crippen molar-refractivity contribution >= 4 is 23.0 Å². The molecule has 0 unspecified atom stereocenters. The number of hydrogen-bond donors (Lipinski definition) is 3. The molecule has 0 spiro atoms. The Bertz CT molecular complexity index is 722. The number of carboxylic acids is 1. The van der Waals surface area contributed by atoms with Crippen molar-refractivity contribution in [1.29, 1.82) is 0 Å². The molecule has 3 N–H and O–H groups in total. The Kier molecular flexibility index (Phi) is 3.03. The van der Waals surface area contributed by atoms with E-state index in [4.69, 9.17) is 5.11 Å². The summed E-state index contributed by atoms with van der Waals surface area (Å²) >= 11 is 0. The fraction of sp³-hybridized carbons (Fsp3) is 0.364. The van der Waals surface area contributed by atoms with Gasteiger partial charge in [0.1, 0.15) is 0 Å². The van der Waals surface area contributed by atoms with Gasteiger partial charge in [0.15, 0.2) is 5.65 Å². The van der Waals surface area contributed by atoms with Crippen LogP contribution in [0.25, 0.3) is 11.0 Å². The maximum atomic E-state index is 11.9. The number of aromatic carboxylic acids is 1. The zero-order valence-corrected chi connectivity index (χ0v) is 10.5. The fourth-order valence-electron chi connectivity index (χ4n) is 2.07. The molecule has 0 amide bonds. The molecule has 0 bridgehead atoms. The highest BCUT2D eigenvalue weighted by atomic mass is 16.4. The van der Waals surface area contributed by atoms with Crippen molar-refractivity contribution < 1.29 is 9.90 Å². The van der Waals surface area contributed by atoms with Crippen LogP contribution in [0.1, 0.15) is 10.5 Å². The van der Waals surface area contributed by atoms with E-state index in [1.165, 1.54) is 6.20 Å². The lowest BCUT2D eigenvalue weighted by molar-refractivity contribution is 0.0688. The van der Waals surface area contributed by atoms with Gasteiger partial charge >= 0.3 is 5.97 Å². The number of piperazine rings is 1. The highest BCUT2D eigenvalue weighted by Crippen LogP contribution is 2.11. The van der Waals surface area contributed by atoms with Crippen LogP contribution in [0.5, 0.6) is 0 Å². The normalized spacial score (nSPS) is 15.5. The van der Waals surface area contributed by atoms with Crippen LogP contribution in [0, 0.1) is 0 Å². The third-order valence-electron chi connectivity index (χ3n) is 3.11. The molecule has 20 heavy (non-hydrogen) atoms. The molecule has 0 saturated carbocycles. The lowest BCUT2D eigenvalue weighted by atomic mass is 10.3. The molecule has 0 aromatic carbocycles. The van der Waals surface area contributed by atoms with Crippen LogP contribution in [-0.4, -0.2) is 57.4 Å². The van der Waals surface area contributed by atoms with Crippen LogP contribution >= 0.6 is 0 Å². The number of hydrogen-bond acceptors (Lipinski definition) is 7. The zero-order chi connectivity index (χ0) is 14.1. The Morgan fingerprint density at radius 3 is 2.80 bits per heavy atom. The number of H-pyrrole nitrogens is 1. The van der Waals surface area contributed by atoms with Gasteiger partial charge in [0.05, 0.1) is 5.39 Å². The lowest BCUT2D eigenvalue weighted by Crippen LogP contribution is -2.44. The Balaban J connectivity index is 2.06. The Morgan fingerprint density at radius 1 is 1.35 bits per heavy atom. The molecular weight excluding hydrogens is 264 g/mol. The molecule has 2 aromatic heterocycles.